The lowest BCUT2D eigenvalue weighted by atomic mass is 10.2. The Morgan fingerprint density at radius 1 is 1.00 bits per heavy atom. The zero-order valence-electron chi connectivity index (χ0n) is 10.6. The van der Waals surface area contributed by atoms with Gasteiger partial charge >= 0.3 is 6.09 Å². The van der Waals surface area contributed by atoms with E-state index in [1.165, 1.54) is 0 Å². The Morgan fingerprint density at radius 3 is 2.60 bits per heavy atom. The van der Waals surface area contributed by atoms with Gasteiger partial charge in [-0.2, -0.15) is 0 Å². The molecule has 2 aromatic carbocycles. The first kappa shape index (κ1) is 12.2. The number of anilines is 1. The van der Waals surface area contributed by atoms with Crippen LogP contribution in [0.3, 0.4) is 0 Å². The molecule has 3 rings (SSSR count). The summed E-state index contributed by atoms with van der Waals surface area (Å²) in [7, 11) is 0. The number of amides is 1. The molecule has 0 unspecified atom stereocenters. The van der Waals surface area contributed by atoms with Crippen molar-refractivity contribution in [2.45, 2.75) is 0 Å². The first-order valence-electron chi connectivity index (χ1n) is 6.20. The number of hydrogen-bond donors (Lipinski definition) is 1. The number of nitrogens with one attached hydrogen (secondary N) is 1. The van der Waals surface area contributed by atoms with E-state index in [9.17, 15) is 4.79 Å². The summed E-state index contributed by atoms with van der Waals surface area (Å²) in [6.45, 7) is 0. The Morgan fingerprint density at radius 2 is 1.75 bits per heavy atom. The number of carbonyl (C=O) groups is 1. The molecule has 0 aliphatic carbocycles. The fourth-order valence-electron chi connectivity index (χ4n) is 1.88. The highest BCUT2D eigenvalue weighted by Crippen LogP contribution is 2.16. The van der Waals surface area contributed by atoms with Gasteiger partial charge in [0.25, 0.3) is 0 Å². The Hall–Kier alpha value is -2.88. The smallest absolute Gasteiger partial charge is 0.410 e. The highest BCUT2D eigenvalue weighted by molar-refractivity contribution is 5.89. The van der Waals surface area contributed by atoms with Gasteiger partial charge in [-0.05, 0) is 24.3 Å². The van der Waals surface area contributed by atoms with E-state index in [2.05, 4.69) is 10.3 Å². The standard InChI is InChI=1S/C16H12N2O2/c19-16(20-14-7-2-1-3-8-14)18-13-10-12-6-4-5-9-15(12)17-11-13/h1-11H,(H,18,19). The topological polar surface area (TPSA) is 51.2 Å². The molecule has 0 bridgehead atoms. The van der Waals surface area contributed by atoms with Crippen LogP contribution in [0.5, 0.6) is 5.75 Å². The maximum Gasteiger partial charge on any atom is 0.417 e. The highest BCUT2D eigenvalue weighted by Gasteiger charge is 2.05. The molecule has 1 heterocycles. The van der Waals surface area contributed by atoms with Crippen LogP contribution in [-0.4, -0.2) is 11.1 Å². The fraction of sp³-hybridized carbons (Fsp3) is 0. The van der Waals surface area contributed by atoms with Gasteiger partial charge < -0.3 is 4.74 Å². The van der Waals surface area contributed by atoms with Gasteiger partial charge in [-0.1, -0.05) is 36.4 Å². The number of nitrogens with zero attached hydrogens (tertiary/aromatic N) is 1. The molecule has 98 valence electrons. The average molecular weight is 264 g/mol. The number of hydrogen-bond acceptors (Lipinski definition) is 3. The third kappa shape index (κ3) is 2.75. The van der Waals surface area contributed by atoms with Crippen LogP contribution in [0.15, 0.2) is 66.9 Å². The number of carbonyl (C=O) groups excluding carboxylic acids is 1. The lowest BCUT2D eigenvalue weighted by molar-refractivity contribution is 0.215. The van der Waals surface area contributed by atoms with Crippen LogP contribution in [0.2, 0.25) is 0 Å². The number of pyridine rings is 1. The van der Waals surface area contributed by atoms with Gasteiger partial charge in [-0.25, -0.2) is 4.79 Å². The van der Waals surface area contributed by atoms with E-state index < -0.39 is 6.09 Å². The van der Waals surface area contributed by atoms with Gasteiger partial charge in [0.1, 0.15) is 5.75 Å². The summed E-state index contributed by atoms with van der Waals surface area (Å²) in [4.78, 5) is 16.0. The zero-order chi connectivity index (χ0) is 13.8. The Labute approximate surface area is 116 Å². The van der Waals surface area contributed by atoms with Crippen molar-refractivity contribution < 1.29 is 9.53 Å². The quantitative estimate of drug-likeness (QED) is 0.765. The van der Waals surface area contributed by atoms with E-state index in [0.717, 1.165) is 10.9 Å². The highest BCUT2D eigenvalue weighted by atomic mass is 16.6. The molecule has 20 heavy (non-hydrogen) atoms. The third-order valence-corrected chi connectivity index (χ3v) is 2.79. The lowest BCUT2D eigenvalue weighted by Crippen LogP contribution is -2.16. The molecule has 0 aliphatic heterocycles. The molecule has 1 N–H and O–H groups in total. The van der Waals surface area contributed by atoms with E-state index in [0.29, 0.717) is 11.4 Å². The number of para-hydroxylation sites is 2. The van der Waals surface area contributed by atoms with Crippen LogP contribution in [0.1, 0.15) is 0 Å². The minimum absolute atomic E-state index is 0.499. The second-order valence-corrected chi connectivity index (χ2v) is 4.24. The Bertz CT molecular complexity index is 742. The zero-order valence-corrected chi connectivity index (χ0v) is 10.6. The van der Waals surface area contributed by atoms with E-state index >= 15 is 0 Å². The molecule has 0 spiro atoms. The minimum Gasteiger partial charge on any atom is -0.410 e. The normalized spacial score (nSPS) is 10.2. The number of rotatable bonds is 2. The predicted molar refractivity (Wildman–Crippen MR) is 77.8 cm³/mol. The molecule has 3 aromatic rings. The van der Waals surface area contributed by atoms with E-state index in [1.54, 1.807) is 30.5 Å². The van der Waals surface area contributed by atoms with Crippen LogP contribution >= 0.6 is 0 Å². The molecular formula is C16H12N2O2. The van der Waals surface area contributed by atoms with E-state index in [-0.39, 0.29) is 0 Å². The summed E-state index contributed by atoms with van der Waals surface area (Å²) in [5, 5.41) is 3.62. The van der Waals surface area contributed by atoms with Crippen molar-refractivity contribution >= 4 is 22.7 Å². The van der Waals surface area contributed by atoms with Crippen LogP contribution < -0.4 is 10.1 Å². The largest absolute Gasteiger partial charge is 0.417 e. The van der Waals surface area contributed by atoms with Gasteiger partial charge in [0.05, 0.1) is 17.4 Å². The van der Waals surface area contributed by atoms with Crippen molar-refractivity contribution in [3.8, 4) is 5.75 Å². The molecule has 1 amide bonds. The molecule has 1 aromatic heterocycles. The van der Waals surface area contributed by atoms with Crippen LogP contribution in [0.25, 0.3) is 10.9 Å². The molecule has 0 atom stereocenters. The lowest BCUT2D eigenvalue weighted by Gasteiger charge is -2.07. The SMILES string of the molecule is O=C(Nc1cnc2ccccc2c1)Oc1ccccc1. The summed E-state index contributed by atoms with van der Waals surface area (Å²) in [5.41, 5.74) is 1.49. The second kappa shape index (κ2) is 5.40. The van der Waals surface area contributed by atoms with Gasteiger partial charge in [0.2, 0.25) is 0 Å². The summed E-state index contributed by atoms with van der Waals surface area (Å²) < 4.78 is 5.15. The van der Waals surface area contributed by atoms with Crippen molar-refractivity contribution in [1.82, 2.24) is 4.98 Å². The Kier molecular flexibility index (Phi) is 3.29. The summed E-state index contributed by atoms with van der Waals surface area (Å²) >= 11 is 0. The van der Waals surface area contributed by atoms with E-state index in [4.69, 9.17) is 4.74 Å². The van der Waals surface area contributed by atoms with Crippen molar-refractivity contribution in [1.29, 1.82) is 0 Å². The van der Waals surface area contributed by atoms with Gasteiger partial charge in [0.15, 0.2) is 0 Å². The molecule has 0 radical (unpaired) electrons. The summed E-state index contributed by atoms with van der Waals surface area (Å²) in [5.74, 6) is 0.499. The number of benzene rings is 2. The molecule has 0 fully saturated rings. The summed E-state index contributed by atoms with van der Waals surface area (Å²) in [6, 6.07) is 18.5. The maximum atomic E-state index is 11.8. The number of ether oxygens (including phenoxy) is 1. The number of fused-ring (bicyclic) bond motifs is 1. The second-order valence-electron chi connectivity index (χ2n) is 4.24. The van der Waals surface area contributed by atoms with Crippen LogP contribution in [0, 0.1) is 0 Å². The molecule has 0 aliphatic rings. The molecule has 0 saturated heterocycles. The van der Waals surface area contributed by atoms with Crippen LogP contribution in [-0.2, 0) is 0 Å². The predicted octanol–water partition coefficient (Wildman–Crippen LogP) is 3.85. The molecule has 4 nitrogen and oxygen atoms in total. The number of aromatic nitrogens is 1. The molecular weight excluding hydrogens is 252 g/mol. The monoisotopic (exact) mass is 264 g/mol. The summed E-state index contributed by atoms with van der Waals surface area (Å²) in [6.07, 6.45) is 1.07. The van der Waals surface area contributed by atoms with E-state index in [1.807, 2.05) is 36.4 Å². The minimum atomic E-state index is -0.534. The molecule has 0 saturated carbocycles. The first-order chi connectivity index (χ1) is 9.81. The van der Waals surface area contributed by atoms with Crippen molar-refractivity contribution in [2.24, 2.45) is 0 Å². The molecule has 4 heteroatoms. The van der Waals surface area contributed by atoms with Crippen molar-refractivity contribution in [3.05, 3.63) is 66.9 Å². The van der Waals surface area contributed by atoms with Gasteiger partial charge in [-0.3, -0.25) is 10.3 Å². The Balaban J connectivity index is 1.74. The maximum absolute atomic E-state index is 11.8. The van der Waals surface area contributed by atoms with Crippen molar-refractivity contribution in [3.63, 3.8) is 0 Å². The van der Waals surface area contributed by atoms with Gasteiger partial charge in [0, 0.05) is 5.39 Å². The first-order valence-corrected chi connectivity index (χ1v) is 6.20. The average Bonchev–Trinajstić information content (AvgIpc) is 2.48. The van der Waals surface area contributed by atoms with Crippen molar-refractivity contribution in [2.75, 3.05) is 5.32 Å². The van der Waals surface area contributed by atoms with Crippen LogP contribution in [0.4, 0.5) is 10.5 Å². The fourth-order valence-corrected chi connectivity index (χ4v) is 1.88. The van der Waals surface area contributed by atoms with Gasteiger partial charge in [-0.15, -0.1) is 0 Å². The third-order valence-electron chi connectivity index (χ3n) is 2.79.